The van der Waals surface area contributed by atoms with Gasteiger partial charge in [-0.15, -0.1) is 0 Å². The van der Waals surface area contributed by atoms with Crippen molar-refractivity contribution in [1.82, 2.24) is 5.32 Å². The number of rotatable bonds is 9. The van der Waals surface area contributed by atoms with Gasteiger partial charge in [-0.3, -0.25) is 4.79 Å². The molecule has 0 bridgehead atoms. The molecule has 8 nitrogen and oxygen atoms in total. The van der Waals surface area contributed by atoms with Crippen LogP contribution >= 0.6 is 0 Å². The first-order chi connectivity index (χ1) is 16.6. The summed E-state index contributed by atoms with van der Waals surface area (Å²) in [6, 6.07) is 13.1. The van der Waals surface area contributed by atoms with Crippen LogP contribution in [0.2, 0.25) is 0 Å². The first-order valence-electron chi connectivity index (χ1n) is 11.7. The molecular formula is C26H34BNO7. The van der Waals surface area contributed by atoms with E-state index in [9.17, 15) is 9.59 Å². The summed E-state index contributed by atoms with van der Waals surface area (Å²) < 4.78 is 29.4. The molecule has 9 heteroatoms. The Bertz CT molecular complexity index is 995. The number of carbonyl (C=O) groups is 2. The first-order valence-corrected chi connectivity index (χ1v) is 11.7. The molecule has 0 aromatic heterocycles. The topological polar surface area (TPSA) is 92.3 Å². The smallest absolute Gasteiger partial charge is 0.488 e. The lowest BCUT2D eigenvalue weighted by Crippen LogP contribution is -2.49. The number of alkyl carbamates (subject to hydrolysis) is 1. The molecule has 188 valence electrons. The molecule has 0 aliphatic carbocycles. The molecule has 35 heavy (non-hydrogen) atoms. The summed E-state index contributed by atoms with van der Waals surface area (Å²) in [5.74, 6) is 0.796. The molecule has 1 aliphatic heterocycles. The van der Waals surface area contributed by atoms with Crippen molar-refractivity contribution in [1.29, 1.82) is 0 Å². The Morgan fingerprint density at radius 1 is 1.09 bits per heavy atom. The van der Waals surface area contributed by atoms with Gasteiger partial charge in [-0.2, -0.15) is 0 Å². The summed E-state index contributed by atoms with van der Waals surface area (Å²) >= 11 is 0. The quantitative estimate of drug-likeness (QED) is 0.330. The summed E-state index contributed by atoms with van der Waals surface area (Å²) in [5, 5.41) is 2.67. The van der Waals surface area contributed by atoms with Crippen LogP contribution in [0.5, 0.6) is 11.5 Å². The van der Waals surface area contributed by atoms with Crippen molar-refractivity contribution in [2.75, 3.05) is 26.4 Å². The number of benzene rings is 2. The minimum Gasteiger partial charge on any atom is -0.488 e. The third-order valence-corrected chi connectivity index (χ3v) is 5.06. The second-order valence-electron chi connectivity index (χ2n) is 10.2. The van der Waals surface area contributed by atoms with E-state index in [0.29, 0.717) is 42.3 Å². The van der Waals surface area contributed by atoms with Crippen LogP contribution in [-0.2, 0) is 20.7 Å². The molecule has 0 atom stereocenters. The fourth-order valence-electron chi connectivity index (χ4n) is 3.42. The Labute approximate surface area is 207 Å². The van der Waals surface area contributed by atoms with Gasteiger partial charge in [0.15, 0.2) is 11.5 Å². The molecule has 2 aromatic carbocycles. The monoisotopic (exact) mass is 483 g/mol. The fraction of sp³-hybridized carbons (Fsp3) is 0.462. The van der Waals surface area contributed by atoms with Crippen molar-refractivity contribution in [2.45, 2.75) is 46.8 Å². The van der Waals surface area contributed by atoms with Crippen molar-refractivity contribution in [3.63, 3.8) is 0 Å². The van der Waals surface area contributed by atoms with E-state index in [0.717, 1.165) is 11.8 Å². The normalized spacial score (nSPS) is 15.3. The number of amides is 1. The lowest BCUT2D eigenvalue weighted by molar-refractivity contribution is 0.0339. The van der Waals surface area contributed by atoms with E-state index in [1.54, 1.807) is 32.9 Å². The van der Waals surface area contributed by atoms with Crippen molar-refractivity contribution >= 4 is 25.0 Å². The standard InChI is InChI=1S/C26H34BNO7/c1-25(2,3)35-24(30)28-13-14-31-23-21(32-16-19-9-7-6-8-10-19)12-11-20(15-29)22(23)27-33-17-26(4,5)18-34-27/h6-12,15H,13-14,16-18H2,1-5H3,(H,28,30). The second kappa shape index (κ2) is 11.6. The van der Waals surface area contributed by atoms with E-state index in [1.165, 1.54) is 0 Å². The second-order valence-corrected chi connectivity index (χ2v) is 10.2. The van der Waals surface area contributed by atoms with Gasteiger partial charge in [-0.1, -0.05) is 44.2 Å². The maximum Gasteiger partial charge on any atom is 0.498 e. The van der Waals surface area contributed by atoms with Gasteiger partial charge in [0.2, 0.25) is 0 Å². The third kappa shape index (κ3) is 8.01. The molecule has 1 saturated heterocycles. The summed E-state index contributed by atoms with van der Waals surface area (Å²) in [7, 11) is -0.780. The first kappa shape index (κ1) is 26.6. The summed E-state index contributed by atoms with van der Waals surface area (Å²) in [5.41, 5.74) is 1.10. The van der Waals surface area contributed by atoms with Gasteiger partial charge >= 0.3 is 13.2 Å². The van der Waals surface area contributed by atoms with E-state index < -0.39 is 18.8 Å². The molecular weight excluding hydrogens is 449 g/mol. The van der Waals surface area contributed by atoms with Crippen LogP contribution in [0.4, 0.5) is 4.79 Å². The molecule has 0 unspecified atom stereocenters. The molecule has 0 radical (unpaired) electrons. The zero-order valence-electron chi connectivity index (χ0n) is 21.1. The zero-order valence-corrected chi connectivity index (χ0v) is 21.1. The van der Waals surface area contributed by atoms with E-state index in [-0.39, 0.29) is 18.6 Å². The molecule has 1 N–H and O–H groups in total. The number of nitrogens with one attached hydrogen (secondary N) is 1. The molecule has 1 amide bonds. The molecule has 1 fully saturated rings. The minimum atomic E-state index is -0.780. The number of carbonyl (C=O) groups excluding carboxylic acids is 2. The Kier molecular flexibility index (Phi) is 8.80. The predicted octanol–water partition coefficient (Wildman–Crippen LogP) is 3.75. The highest BCUT2D eigenvalue weighted by molar-refractivity contribution is 6.64. The van der Waals surface area contributed by atoms with Gasteiger partial charge in [-0.05, 0) is 38.5 Å². The molecule has 2 aromatic rings. The number of hydrogen-bond acceptors (Lipinski definition) is 7. The number of ether oxygens (including phenoxy) is 3. The van der Waals surface area contributed by atoms with E-state index in [1.807, 2.05) is 44.2 Å². The summed E-state index contributed by atoms with van der Waals surface area (Å²) in [4.78, 5) is 23.9. The van der Waals surface area contributed by atoms with E-state index in [2.05, 4.69) is 5.32 Å². The van der Waals surface area contributed by atoms with Crippen LogP contribution in [0.15, 0.2) is 42.5 Å². The van der Waals surface area contributed by atoms with Gasteiger partial charge in [0, 0.05) is 29.7 Å². The third-order valence-electron chi connectivity index (χ3n) is 5.06. The molecule has 0 spiro atoms. The Morgan fingerprint density at radius 2 is 1.77 bits per heavy atom. The van der Waals surface area contributed by atoms with Crippen molar-refractivity contribution in [2.24, 2.45) is 5.41 Å². The van der Waals surface area contributed by atoms with Crippen LogP contribution in [0, 0.1) is 5.41 Å². The van der Waals surface area contributed by atoms with Crippen LogP contribution in [0.3, 0.4) is 0 Å². The summed E-state index contributed by atoms with van der Waals surface area (Å²) in [6.45, 7) is 11.0. The van der Waals surface area contributed by atoms with Gasteiger partial charge in [0.05, 0.1) is 6.54 Å². The van der Waals surface area contributed by atoms with Crippen molar-refractivity contribution in [3.8, 4) is 11.5 Å². The zero-order chi connectivity index (χ0) is 25.5. The lowest BCUT2D eigenvalue weighted by Gasteiger charge is -2.34. The largest absolute Gasteiger partial charge is 0.498 e. The highest BCUT2D eigenvalue weighted by Gasteiger charge is 2.38. The van der Waals surface area contributed by atoms with Crippen LogP contribution in [-0.4, -0.2) is 51.5 Å². The molecule has 0 saturated carbocycles. The summed E-state index contributed by atoms with van der Waals surface area (Å²) in [6.07, 6.45) is 0.207. The molecule has 3 rings (SSSR count). The van der Waals surface area contributed by atoms with Crippen molar-refractivity contribution < 1.29 is 33.1 Å². The molecule has 1 aliphatic rings. The lowest BCUT2D eigenvalue weighted by atomic mass is 9.72. The highest BCUT2D eigenvalue weighted by Crippen LogP contribution is 2.30. The van der Waals surface area contributed by atoms with E-state index in [4.69, 9.17) is 23.5 Å². The van der Waals surface area contributed by atoms with Crippen LogP contribution in [0.25, 0.3) is 0 Å². The SMILES string of the molecule is CC1(C)COB(c2c(C=O)ccc(OCc3ccccc3)c2OCCNC(=O)OC(C)(C)C)OC1. The van der Waals surface area contributed by atoms with Gasteiger partial charge in [0.25, 0.3) is 0 Å². The average molecular weight is 483 g/mol. The maximum absolute atomic E-state index is 12.0. The maximum atomic E-state index is 12.0. The molecule has 1 heterocycles. The number of hydrogen-bond donors (Lipinski definition) is 1. The minimum absolute atomic E-state index is 0.120. The average Bonchev–Trinajstić information content (AvgIpc) is 2.80. The van der Waals surface area contributed by atoms with Crippen LogP contribution in [0.1, 0.15) is 50.5 Å². The van der Waals surface area contributed by atoms with Gasteiger partial charge in [0.1, 0.15) is 25.1 Å². The van der Waals surface area contributed by atoms with Gasteiger partial charge in [-0.25, -0.2) is 4.79 Å². The number of aldehydes is 1. The highest BCUT2D eigenvalue weighted by atomic mass is 16.6. The van der Waals surface area contributed by atoms with Gasteiger partial charge < -0.3 is 28.8 Å². The van der Waals surface area contributed by atoms with E-state index >= 15 is 0 Å². The van der Waals surface area contributed by atoms with Crippen molar-refractivity contribution in [3.05, 3.63) is 53.6 Å². The van der Waals surface area contributed by atoms with Crippen LogP contribution < -0.4 is 20.3 Å². The Balaban J connectivity index is 1.81. The predicted molar refractivity (Wildman–Crippen MR) is 133 cm³/mol. The fourth-order valence-corrected chi connectivity index (χ4v) is 3.42. The Hall–Kier alpha value is -3.04. The Morgan fingerprint density at radius 3 is 2.40 bits per heavy atom.